The van der Waals surface area contributed by atoms with Crippen molar-refractivity contribution in [1.29, 1.82) is 0 Å². The first-order valence-electron chi connectivity index (χ1n) is 13.0. The van der Waals surface area contributed by atoms with Gasteiger partial charge in [0, 0.05) is 12.1 Å². The van der Waals surface area contributed by atoms with Gasteiger partial charge in [0.1, 0.15) is 0 Å². The van der Waals surface area contributed by atoms with Crippen molar-refractivity contribution in [3.05, 3.63) is 11.6 Å². The SMILES string of the molecule is CCCOC(=O)N[C@H]1CC[C@@]2(C)[C@@H](CC[C@@H]3[C@@H]2CC[C@]2(C)C([C@H](C)N(C)C)=CC[C@@H]32)C1. The van der Waals surface area contributed by atoms with Gasteiger partial charge in [-0.15, -0.1) is 0 Å². The lowest BCUT2D eigenvalue weighted by molar-refractivity contribution is -0.104. The Balaban J connectivity index is 1.44. The van der Waals surface area contributed by atoms with Crippen LogP contribution < -0.4 is 5.32 Å². The summed E-state index contributed by atoms with van der Waals surface area (Å²) in [6, 6.07) is 0.848. The van der Waals surface area contributed by atoms with Crippen molar-refractivity contribution in [3.63, 3.8) is 0 Å². The molecule has 4 aliphatic rings. The molecule has 0 radical (unpaired) electrons. The lowest BCUT2D eigenvalue weighted by atomic mass is 9.44. The summed E-state index contributed by atoms with van der Waals surface area (Å²) in [5.74, 6) is 3.32. The van der Waals surface area contributed by atoms with E-state index >= 15 is 0 Å². The average Bonchev–Trinajstić information content (AvgIpc) is 3.09. The van der Waals surface area contributed by atoms with E-state index in [0.717, 1.165) is 42.9 Å². The second kappa shape index (κ2) is 8.72. The highest BCUT2D eigenvalue weighted by atomic mass is 16.5. The third kappa shape index (κ3) is 3.96. The maximum atomic E-state index is 12.1. The van der Waals surface area contributed by atoms with Crippen LogP contribution in [0.1, 0.15) is 85.5 Å². The monoisotopic (exact) mass is 430 g/mol. The molecular weight excluding hydrogens is 384 g/mol. The zero-order chi connectivity index (χ0) is 22.4. The molecule has 176 valence electrons. The van der Waals surface area contributed by atoms with Crippen LogP contribution >= 0.6 is 0 Å². The maximum Gasteiger partial charge on any atom is 0.407 e. The van der Waals surface area contributed by atoms with E-state index in [1.807, 2.05) is 6.92 Å². The van der Waals surface area contributed by atoms with Gasteiger partial charge in [-0.05, 0) is 113 Å². The predicted octanol–water partition coefficient (Wildman–Crippen LogP) is 6.02. The molecule has 0 aromatic heterocycles. The molecule has 0 aromatic carbocycles. The summed E-state index contributed by atoms with van der Waals surface area (Å²) in [6.45, 7) is 10.1. The summed E-state index contributed by atoms with van der Waals surface area (Å²) in [5.41, 5.74) is 2.56. The van der Waals surface area contributed by atoms with E-state index in [1.165, 1.54) is 38.5 Å². The van der Waals surface area contributed by atoms with Crippen LogP contribution in [0, 0.1) is 34.5 Å². The number of hydrogen-bond donors (Lipinski definition) is 1. The fourth-order valence-electron chi connectivity index (χ4n) is 8.32. The summed E-state index contributed by atoms with van der Waals surface area (Å²) in [4.78, 5) is 14.5. The maximum absolute atomic E-state index is 12.1. The zero-order valence-electron chi connectivity index (χ0n) is 20.9. The van der Waals surface area contributed by atoms with E-state index in [1.54, 1.807) is 5.57 Å². The van der Waals surface area contributed by atoms with Crippen LogP contribution in [0.5, 0.6) is 0 Å². The van der Waals surface area contributed by atoms with Gasteiger partial charge >= 0.3 is 6.09 Å². The molecule has 4 nitrogen and oxygen atoms in total. The Morgan fingerprint density at radius 2 is 1.97 bits per heavy atom. The standard InChI is InChI=1S/C27H46N2O2/c1-7-16-31-25(30)28-20-12-14-26(3)19(17-20)8-9-21-23-11-10-22(18(2)29(5)6)27(23,4)15-13-24(21)26/h10,18-21,23-24H,7-9,11-17H2,1-6H3,(H,28,30)/t18-,19-,20-,21-,23-,24-,26-,27+/m0/s1. The molecule has 0 aromatic rings. The average molecular weight is 431 g/mol. The summed E-state index contributed by atoms with van der Waals surface area (Å²) in [6.07, 6.45) is 13.6. The molecule has 31 heavy (non-hydrogen) atoms. The minimum Gasteiger partial charge on any atom is -0.450 e. The highest BCUT2D eigenvalue weighted by molar-refractivity contribution is 5.67. The number of nitrogens with zero attached hydrogens (tertiary/aromatic N) is 1. The minimum atomic E-state index is -0.211. The van der Waals surface area contributed by atoms with Crippen molar-refractivity contribution in [2.75, 3.05) is 20.7 Å². The summed E-state index contributed by atoms with van der Waals surface area (Å²) in [5, 5.41) is 3.17. The first-order valence-corrected chi connectivity index (χ1v) is 13.0. The zero-order valence-corrected chi connectivity index (χ0v) is 20.9. The second-order valence-electron chi connectivity index (χ2n) is 11.9. The third-order valence-corrected chi connectivity index (χ3v) is 10.3. The first kappa shape index (κ1) is 23.1. The molecule has 8 atom stereocenters. The Morgan fingerprint density at radius 3 is 2.68 bits per heavy atom. The lowest BCUT2D eigenvalue weighted by Gasteiger charge is -2.61. The smallest absolute Gasteiger partial charge is 0.407 e. The van der Waals surface area contributed by atoms with Gasteiger partial charge in [0.2, 0.25) is 0 Å². The molecule has 0 bridgehead atoms. The summed E-state index contributed by atoms with van der Waals surface area (Å²) >= 11 is 0. The number of ether oxygens (including phenoxy) is 1. The number of amides is 1. The quantitative estimate of drug-likeness (QED) is 0.542. The molecule has 4 aliphatic carbocycles. The van der Waals surface area contributed by atoms with E-state index < -0.39 is 0 Å². The molecule has 3 fully saturated rings. The number of alkyl carbamates (subject to hydrolysis) is 1. The fraction of sp³-hybridized carbons (Fsp3) is 0.889. The molecule has 4 heteroatoms. The van der Waals surface area contributed by atoms with Gasteiger partial charge in [-0.2, -0.15) is 0 Å². The molecule has 0 aliphatic heterocycles. The number of hydrogen-bond acceptors (Lipinski definition) is 3. The number of fused-ring (bicyclic) bond motifs is 5. The van der Waals surface area contributed by atoms with Crippen molar-refractivity contribution in [2.45, 2.75) is 97.6 Å². The third-order valence-electron chi connectivity index (χ3n) is 10.3. The van der Waals surface area contributed by atoms with E-state index in [-0.39, 0.29) is 6.09 Å². The molecule has 0 saturated heterocycles. The van der Waals surface area contributed by atoms with Crippen LogP contribution in [-0.2, 0) is 4.74 Å². The van der Waals surface area contributed by atoms with Gasteiger partial charge in [0.25, 0.3) is 0 Å². The van der Waals surface area contributed by atoms with Crippen molar-refractivity contribution in [2.24, 2.45) is 34.5 Å². The van der Waals surface area contributed by atoms with Gasteiger partial charge in [0.15, 0.2) is 0 Å². The van der Waals surface area contributed by atoms with Crippen molar-refractivity contribution in [1.82, 2.24) is 10.2 Å². The van der Waals surface area contributed by atoms with Crippen molar-refractivity contribution < 1.29 is 9.53 Å². The van der Waals surface area contributed by atoms with Gasteiger partial charge in [-0.3, -0.25) is 0 Å². The Hall–Kier alpha value is -1.03. The Kier molecular flexibility index (Phi) is 6.51. The van der Waals surface area contributed by atoms with Crippen LogP contribution in [0.2, 0.25) is 0 Å². The second-order valence-corrected chi connectivity index (χ2v) is 11.9. The molecule has 1 amide bonds. The predicted molar refractivity (Wildman–Crippen MR) is 127 cm³/mol. The summed E-state index contributed by atoms with van der Waals surface area (Å²) < 4.78 is 5.29. The molecule has 3 saturated carbocycles. The lowest BCUT2D eigenvalue weighted by Crippen LogP contribution is -2.55. The molecule has 4 rings (SSSR count). The number of nitrogens with one attached hydrogen (secondary N) is 1. The Labute approximate surface area is 190 Å². The minimum absolute atomic E-state index is 0.211. The molecule has 1 N–H and O–H groups in total. The summed E-state index contributed by atoms with van der Waals surface area (Å²) in [7, 11) is 4.45. The molecular formula is C27H46N2O2. The molecule has 0 unspecified atom stereocenters. The Bertz CT molecular complexity index is 703. The van der Waals surface area contributed by atoms with Crippen LogP contribution in [-0.4, -0.2) is 43.8 Å². The molecule has 0 spiro atoms. The molecule has 0 heterocycles. The van der Waals surface area contributed by atoms with E-state index in [4.69, 9.17) is 4.74 Å². The highest BCUT2D eigenvalue weighted by Gasteiger charge is 2.59. The van der Waals surface area contributed by atoms with Gasteiger partial charge in [0.05, 0.1) is 6.61 Å². The van der Waals surface area contributed by atoms with Gasteiger partial charge in [-0.1, -0.05) is 32.4 Å². The topological polar surface area (TPSA) is 41.6 Å². The van der Waals surface area contributed by atoms with Crippen LogP contribution in [0.3, 0.4) is 0 Å². The number of carbonyl (C=O) groups is 1. The number of carbonyl (C=O) groups excluding carboxylic acids is 1. The van der Waals surface area contributed by atoms with E-state index in [9.17, 15) is 4.79 Å². The van der Waals surface area contributed by atoms with Crippen LogP contribution in [0.25, 0.3) is 0 Å². The van der Waals surface area contributed by atoms with Crippen molar-refractivity contribution >= 4 is 6.09 Å². The number of allylic oxidation sites excluding steroid dienone is 1. The highest BCUT2D eigenvalue weighted by Crippen LogP contribution is 2.66. The largest absolute Gasteiger partial charge is 0.450 e. The normalized spacial score (nSPS) is 42.8. The van der Waals surface area contributed by atoms with Crippen molar-refractivity contribution in [3.8, 4) is 0 Å². The number of likely N-dealkylation sites (N-methyl/N-ethyl adjacent to an activating group) is 1. The first-order chi connectivity index (χ1) is 14.7. The van der Waals surface area contributed by atoms with Gasteiger partial charge in [-0.25, -0.2) is 4.79 Å². The van der Waals surface area contributed by atoms with Crippen LogP contribution in [0.15, 0.2) is 11.6 Å². The van der Waals surface area contributed by atoms with E-state index in [2.05, 4.69) is 51.2 Å². The fourth-order valence-corrected chi connectivity index (χ4v) is 8.32. The Morgan fingerprint density at radius 1 is 1.19 bits per heavy atom. The van der Waals surface area contributed by atoms with Crippen LogP contribution in [0.4, 0.5) is 4.79 Å². The van der Waals surface area contributed by atoms with E-state index in [0.29, 0.717) is 29.5 Å². The number of rotatable bonds is 5. The van der Waals surface area contributed by atoms with Gasteiger partial charge < -0.3 is 15.0 Å².